The third-order valence-electron chi connectivity index (χ3n) is 3.35. The van der Waals surface area contributed by atoms with Crippen LogP contribution in [0.3, 0.4) is 0 Å². The van der Waals surface area contributed by atoms with Crippen molar-refractivity contribution < 1.29 is 9.18 Å². The van der Waals surface area contributed by atoms with Crippen molar-refractivity contribution in [2.24, 2.45) is 0 Å². The lowest BCUT2D eigenvalue weighted by Gasteiger charge is -2.13. The first-order chi connectivity index (χ1) is 10.6. The second-order valence-electron chi connectivity index (χ2n) is 4.95. The van der Waals surface area contributed by atoms with Gasteiger partial charge in [-0.05, 0) is 26.0 Å². The normalized spacial score (nSPS) is 12.3. The number of benzene rings is 1. The molecule has 1 N–H and O–H groups in total. The second kappa shape index (κ2) is 5.51. The summed E-state index contributed by atoms with van der Waals surface area (Å²) < 4.78 is 15.2. The Balaban J connectivity index is 1.84. The number of fused-ring (bicyclic) bond motifs is 1. The summed E-state index contributed by atoms with van der Waals surface area (Å²) in [5.41, 5.74) is 1.23. The van der Waals surface area contributed by atoms with E-state index in [1.807, 2.05) is 6.92 Å². The molecule has 3 rings (SSSR count). The Labute approximate surface area is 126 Å². The van der Waals surface area contributed by atoms with Crippen LogP contribution in [0.4, 0.5) is 4.39 Å². The lowest BCUT2D eigenvalue weighted by atomic mass is 10.1. The second-order valence-corrected chi connectivity index (χ2v) is 4.95. The van der Waals surface area contributed by atoms with Gasteiger partial charge in [0.2, 0.25) is 5.82 Å². The minimum Gasteiger partial charge on any atom is -0.343 e. The van der Waals surface area contributed by atoms with Crippen molar-refractivity contribution in [2.45, 2.75) is 19.9 Å². The standard InChI is InChI=1S/C15H14FN5O/c1-9-7-8-17-15-19-13(20-21(9)15)14(22)18-10(2)11-5-3-4-6-12(11)16/h3-8,10H,1-2H3,(H,18,22)/t10-/m0/s1. The van der Waals surface area contributed by atoms with E-state index in [2.05, 4.69) is 20.4 Å². The van der Waals surface area contributed by atoms with Gasteiger partial charge in [0, 0.05) is 17.5 Å². The fourth-order valence-electron chi connectivity index (χ4n) is 2.17. The highest BCUT2D eigenvalue weighted by molar-refractivity contribution is 5.91. The number of amides is 1. The molecule has 2 heterocycles. The van der Waals surface area contributed by atoms with Gasteiger partial charge in [-0.3, -0.25) is 4.79 Å². The minimum atomic E-state index is -0.491. The average molecular weight is 299 g/mol. The lowest BCUT2D eigenvalue weighted by molar-refractivity contribution is 0.0929. The first kappa shape index (κ1) is 14.1. The van der Waals surface area contributed by atoms with Gasteiger partial charge in [0.25, 0.3) is 11.7 Å². The van der Waals surface area contributed by atoms with E-state index in [-0.39, 0.29) is 11.6 Å². The minimum absolute atomic E-state index is 0.00462. The summed E-state index contributed by atoms with van der Waals surface area (Å²) in [7, 11) is 0. The van der Waals surface area contributed by atoms with E-state index >= 15 is 0 Å². The summed E-state index contributed by atoms with van der Waals surface area (Å²) in [5, 5.41) is 6.81. The Morgan fingerprint density at radius 3 is 2.82 bits per heavy atom. The fourth-order valence-corrected chi connectivity index (χ4v) is 2.17. The molecular formula is C15H14FN5O. The highest BCUT2D eigenvalue weighted by Crippen LogP contribution is 2.16. The van der Waals surface area contributed by atoms with Crippen molar-refractivity contribution in [3.05, 3.63) is 59.4 Å². The van der Waals surface area contributed by atoms with Gasteiger partial charge in [-0.15, -0.1) is 5.10 Å². The predicted octanol–water partition coefficient (Wildman–Crippen LogP) is 2.06. The lowest BCUT2D eigenvalue weighted by Crippen LogP contribution is -2.28. The summed E-state index contributed by atoms with van der Waals surface area (Å²) in [6, 6.07) is 7.58. The van der Waals surface area contributed by atoms with E-state index in [1.54, 1.807) is 37.4 Å². The molecule has 0 saturated carbocycles. The molecule has 0 fully saturated rings. The fraction of sp³-hybridized carbons (Fsp3) is 0.200. The molecule has 0 radical (unpaired) electrons. The summed E-state index contributed by atoms with van der Waals surface area (Å²) in [4.78, 5) is 20.3. The summed E-state index contributed by atoms with van der Waals surface area (Å²) in [6.07, 6.45) is 1.60. The highest BCUT2D eigenvalue weighted by Gasteiger charge is 2.18. The number of hydrogen-bond donors (Lipinski definition) is 1. The zero-order valence-corrected chi connectivity index (χ0v) is 12.1. The number of carbonyl (C=O) groups is 1. The van der Waals surface area contributed by atoms with Crippen LogP contribution in [-0.4, -0.2) is 25.5 Å². The predicted molar refractivity (Wildman–Crippen MR) is 77.8 cm³/mol. The van der Waals surface area contributed by atoms with Gasteiger partial charge in [0.15, 0.2) is 0 Å². The zero-order valence-electron chi connectivity index (χ0n) is 12.1. The molecule has 0 saturated heterocycles. The van der Waals surface area contributed by atoms with Crippen LogP contribution in [0.25, 0.3) is 5.78 Å². The largest absolute Gasteiger partial charge is 0.343 e. The van der Waals surface area contributed by atoms with E-state index in [4.69, 9.17) is 0 Å². The SMILES string of the molecule is Cc1ccnc2nc(C(=O)N[C@@H](C)c3ccccc3F)nn12. The van der Waals surface area contributed by atoms with Gasteiger partial charge < -0.3 is 5.32 Å². The number of halogens is 1. The molecule has 0 aliphatic carbocycles. The molecule has 1 amide bonds. The van der Waals surface area contributed by atoms with Gasteiger partial charge >= 0.3 is 0 Å². The molecule has 22 heavy (non-hydrogen) atoms. The van der Waals surface area contributed by atoms with Gasteiger partial charge in [-0.2, -0.15) is 4.98 Å². The zero-order chi connectivity index (χ0) is 15.7. The first-order valence-electron chi connectivity index (χ1n) is 6.80. The molecule has 0 aliphatic rings. The van der Waals surface area contributed by atoms with Crippen molar-refractivity contribution in [2.75, 3.05) is 0 Å². The third-order valence-corrected chi connectivity index (χ3v) is 3.35. The molecule has 2 aromatic heterocycles. The van der Waals surface area contributed by atoms with Gasteiger partial charge in [-0.25, -0.2) is 13.9 Å². The summed E-state index contributed by atoms with van der Waals surface area (Å²) in [5.74, 6) is -0.481. The number of aromatic nitrogens is 4. The quantitative estimate of drug-likeness (QED) is 0.803. The molecule has 7 heteroatoms. The van der Waals surface area contributed by atoms with Crippen molar-refractivity contribution in [3.8, 4) is 0 Å². The van der Waals surface area contributed by atoms with Crippen molar-refractivity contribution in [1.82, 2.24) is 24.9 Å². The Morgan fingerprint density at radius 1 is 1.32 bits per heavy atom. The molecule has 3 aromatic rings. The number of hydrogen-bond acceptors (Lipinski definition) is 4. The van der Waals surface area contributed by atoms with E-state index in [0.717, 1.165) is 5.69 Å². The topological polar surface area (TPSA) is 72.2 Å². The Kier molecular flexibility index (Phi) is 3.54. The van der Waals surface area contributed by atoms with Gasteiger partial charge in [0.05, 0.1) is 6.04 Å². The van der Waals surface area contributed by atoms with E-state index in [1.165, 1.54) is 10.6 Å². The van der Waals surface area contributed by atoms with Crippen LogP contribution in [-0.2, 0) is 0 Å². The van der Waals surface area contributed by atoms with Crippen LogP contribution >= 0.6 is 0 Å². The van der Waals surface area contributed by atoms with Crippen LogP contribution in [0.15, 0.2) is 36.5 Å². The smallest absolute Gasteiger partial charge is 0.291 e. The Bertz CT molecular complexity index is 845. The van der Waals surface area contributed by atoms with Crippen LogP contribution in [0.1, 0.15) is 34.8 Å². The van der Waals surface area contributed by atoms with Crippen molar-refractivity contribution in [1.29, 1.82) is 0 Å². The Hall–Kier alpha value is -2.83. The van der Waals surface area contributed by atoms with E-state index < -0.39 is 11.9 Å². The molecule has 0 aliphatic heterocycles. The number of aryl methyl sites for hydroxylation is 1. The summed E-state index contributed by atoms with van der Waals surface area (Å²) >= 11 is 0. The molecule has 0 unspecified atom stereocenters. The number of rotatable bonds is 3. The highest BCUT2D eigenvalue weighted by atomic mass is 19.1. The van der Waals surface area contributed by atoms with Crippen molar-refractivity contribution >= 4 is 11.7 Å². The van der Waals surface area contributed by atoms with Crippen LogP contribution < -0.4 is 5.32 Å². The van der Waals surface area contributed by atoms with Gasteiger partial charge in [0.1, 0.15) is 5.82 Å². The molecule has 1 aromatic carbocycles. The van der Waals surface area contributed by atoms with Crippen molar-refractivity contribution in [3.63, 3.8) is 0 Å². The maximum atomic E-state index is 13.7. The number of nitrogens with one attached hydrogen (secondary N) is 1. The summed E-state index contributed by atoms with van der Waals surface area (Å²) in [6.45, 7) is 3.54. The molecule has 112 valence electrons. The van der Waals surface area contributed by atoms with Gasteiger partial charge in [-0.1, -0.05) is 18.2 Å². The van der Waals surface area contributed by atoms with Crippen LogP contribution in [0.2, 0.25) is 0 Å². The maximum Gasteiger partial charge on any atom is 0.291 e. The molecular weight excluding hydrogens is 285 g/mol. The monoisotopic (exact) mass is 299 g/mol. The van der Waals surface area contributed by atoms with Crippen LogP contribution in [0, 0.1) is 12.7 Å². The maximum absolute atomic E-state index is 13.7. The van der Waals surface area contributed by atoms with Crippen LogP contribution in [0.5, 0.6) is 0 Å². The molecule has 0 bridgehead atoms. The first-order valence-corrected chi connectivity index (χ1v) is 6.80. The molecule has 1 atom stereocenters. The van der Waals surface area contributed by atoms with E-state index in [0.29, 0.717) is 11.3 Å². The molecule has 0 spiro atoms. The molecule has 6 nitrogen and oxygen atoms in total. The third kappa shape index (κ3) is 2.52. The average Bonchev–Trinajstić information content (AvgIpc) is 2.93. The van der Waals surface area contributed by atoms with E-state index in [9.17, 15) is 9.18 Å². The Morgan fingerprint density at radius 2 is 2.09 bits per heavy atom. The number of nitrogens with zero attached hydrogens (tertiary/aromatic N) is 4. The number of carbonyl (C=O) groups excluding carboxylic acids is 1.